The summed E-state index contributed by atoms with van der Waals surface area (Å²) in [6.45, 7) is 8.82. The molecule has 0 saturated carbocycles. The number of nitrogens with zero attached hydrogens (tertiary/aromatic N) is 2. The highest BCUT2D eigenvalue weighted by molar-refractivity contribution is 5.98. The van der Waals surface area contributed by atoms with Gasteiger partial charge in [0.25, 0.3) is 0 Å². The first kappa shape index (κ1) is 76.2. The average Bonchev–Trinajstić information content (AvgIpc) is 3.54. The first-order valence-corrected chi connectivity index (χ1v) is 30.6. The molecular weight excluding hydrogens is 1090 g/mol. The lowest BCUT2D eigenvalue weighted by atomic mass is 9.87. The van der Waals surface area contributed by atoms with E-state index in [0.29, 0.717) is 12.0 Å². The molecule has 1 aromatic rings. The van der Waals surface area contributed by atoms with E-state index in [2.05, 4.69) is 43.5 Å². The van der Waals surface area contributed by atoms with Crippen molar-refractivity contribution in [1.82, 2.24) is 26.6 Å². The topological polar surface area (TPSA) is 420 Å². The van der Waals surface area contributed by atoms with Gasteiger partial charge in [-0.1, -0.05) is 135 Å². The first-order chi connectivity index (χ1) is 40.3. The molecule has 0 aliphatic heterocycles. The van der Waals surface area contributed by atoms with Crippen molar-refractivity contribution in [3.05, 3.63) is 35.9 Å². The molecule has 85 heavy (non-hydrogen) atoms. The van der Waals surface area contributed by atoms with Crippen LogP contribution in [0, 0.1) is 23.7 Å². The van der Waals surface area contributed by atoms with Gasteiger partial charge in [0.1, 0.15) is 12.1 Å². The van der Waals surface area contributed by atoms with Crippen LogP contribution in [-0.4, -0.2) is 142 Å². The normalized spacial score (nSPS) is 14.4. The van der Waals surface area contributed by atoms with Gasteiger partial charge in [-0.15, -0.1) is 0 Å². The Morgan fingerprint density at radius 3 is 1.52 bits per heavy atom. The number of rotatable bonds is 49. The fourth-order valence-corrected chi connectivity index (χ4v) is 9.72. The third-order valence-corrected chi connectivity index (χ3v) is 14.8. The molecule has 0 aromatic heterocycles. The molecule has 0 radical (unpaired) electrons. The number of Topliss-reactive ketones (excluding diaryl/α,β-unsaturated/α-hetero) is 4. The van der Waals surface area contributed by atoms with Gasteiger partial charge in [-0.2, -0.15) is 0 Å². The third kappa shape index (κ3) is 34.1. The summed E-state index contributed by atoms with van der Waals surface area (Å²) >= 11 is 0. The molecule has 0 bridgehead atoms. The monoisotopic (exact) mass is 1200 g/mol. The molecule has 5 amide bonds. The lowest BCUT2D eigenvalue weighted by molar-refractivity contribution is -0.138. The maximum absolute atomic E-state index is 14.5. The molecule has 9 atom stereocenters. The molecule has 16 N–H and O–H groups in total. The van der Waals surface area contributed by atoms with Crippen molar-refractivity contribution in [2.24, 2.45) is 56.6 Å². The van der Waals surface area contributed by atoms with Crippen molar-refractivity contribution in [2.45, 2.75) is 232 Å². The highest BCUT2D eigenvalue weighted by atomic mass is 16.4. The van der Waals surface area contributed by atoms with Crippen LogP contribution in [0.1, 0.15) is 195 Å². The summed E-state index contributed by atoms with van der Waals surface area (Å²) in [6, 6.07) is 2.35. The highest BCUT2D eigenvalue weighted by Crippen LogP contribution is 2.21. The van der Waals surface area contributed by atoms with Gasteiger partial charge in [-0.05, 0) is 70.3 Å². The zero-order valence-electron chi connectivity index (χ0n) is 51.4. The lowest BCUT2D eigenvalue weighted by Crippen LogP contribution is -2.57. The van der Waals surface area contributed by atoms with Crippen molar-refractivity contribution in [1.29, 1.82) is 0 Å². The van der Waals surface area contributed by atoms with E-state index in [4.69, 9.17) is 28.0 Å². The van der Waals surface area contributed by atoms with E-state index in [1.807, 2.05) is 0 Å². The molecular formula is C61H103N11O13. The van der Waals surface area contributed by atoms with Crippen LogP contribution in [0.4, 0.5) is 0 Å². The van der Waals surface area contributed by atoms with Crippen molar-refractivity contribution in [3.8, 4) is 0 Å². The van der Waals surface area contributed by atoms with Gasteiger partial charge < -0.3 is 64.8 Å². The van der Waals surface area contributed by atoms with Gasteiger partial charge >= 0.3 is 5.97 Å². The number of aliphatic hydroxyl groups excluding tert-OH is 2. The van der Waals surface area contributed by atoms with Gasteiger partial charge in [0, 0.05) is 62.9 Å². The zero-order valence-corrected chi connectivity index (χ0v) is 51.4. The van der Waals surface area contributed by atoms with Gasteiger partial charge in [0.15, 0.2) is 35.1 Å². The first-order valence-electron chi connectivity index (χ1n) is 30.6. The number of carboxylic acids is 1. The van der Waals surface area contributed by atoms with Gasteiger partial charge in [-0.3, -0.25) is 57.9 Å². The van der Waals surface area contributed by atoms with Gasteiger partial charge in [0.05, 0.1) is 30.8 Å². The Bertz CT molecular complexity index is 2290. The second kappa shape index (κ2) is 43.8. The van der Waals surface area contributed by atoms with Gasteiger partial charge in [-0.25, -0.2) is 0 Å². The molecule has 0 saturated heterocycles. The van der Waals surface area contributed by atoms with Crippen LogP contribution < -0.4 is 49.5 Å². The highest BCUT2D eigenvalue weighted by Gasteiger charge is 2.36. The molecule has 0 heterocycles. The van der Waals surface area contributed by atoms with E-state index in [-0.39, 0.29) is 70.0 Å². The molecule has 0 aliphatic carbocycles. The maximum Gasteiger partial charge on any atom is 0.303 e. The van der Waals surface area contributed by atoms with Crippen LogP contribution in [0.5, 0.6) is 0 Å². The number of amides is 5. The number of carboxylic acid groups (broad SMARTS) is 1. The largest absolute Gasteiger partial charge is 0.481 e. The van der Waals surface area contributed by atoms with Crippen molar-refractivity contribution >= 4 is 70.6 Å². The summed E-state index contributed by atoms with van der Waals surface area (Å²) in [5.74, 6) is -11.3. The Balaban J connectivity index is 3.26. The number of carbonyl (C=O) groups is 10. The van der Waals surface area contributed by atoms with Crippen molar-refractivity contribution < 1.29 is 63.3 Å². The van der Waals surface area contributed by atoms with E-state index >= 15 is 0 Å². The smallest absolute Gasteiger partial charge is 0.303 e. The van der Waals surface area contributed by atoms with Crippen molar-refractivity contribution in [2.75, 3.05) is 19.7 Å². The van der Waals surface area contributed by atoms with Crippen molar-refractivity contribution in [3.63, 3.8) is 0 Å². The molecule has 1 rings (SSSR count). The summed E-state index contributed by atoms with van der Waals surface area (Å²) in [5.41, 5.74) is 22.6. The Hall–Kier alpha value is -6.82. The number of carbonyl (C=O) groups excluding carboxylic acids is 9. The molecule has 0 unspecified atom stereocenters. The fraction of sp³-hybridized carbons (Fsp3) is 0.705. The minimum atomic E-state index is -1.55. The SMILES string of the molecule is CCCCCCCCCCCCCCCC(=O)N[C@H](C(=O)N[C@H](C(=O)C[C@@H](Cc1ccccc1)C(=O)N[C@@H](CCCN=C(N)N)C(=O)C[C@@H](C)C(=O)N[C@@H](CO)C(=O)C[C@@H](CCCN=C(N)N)C(=O)N[C@@H](CCC(=O)O)C(C)=O)C(C)C)[C@@H](C)O. The summed E-state index contributed by atoms with van der Waals surface area (Å²) in [4.78, 5) is 142. The lowest BCUT2D eigenvalue weighted by Gasteiger charge is -2.28. The Labute approximate surface area is 502 Å². The molecule has 480 valence electrons. The van der Waals surface area contributed by atoms with E-state index in [1.165, 1.54) is 72.1 Å². The number of aliphatic imine (C=N–C) groups is 2. The van der Waals surface area contributed by atoms with Crippen LogP contribution in [-0.2, 0) is 54.4 Å². The summed E-state index contributed by atoms with van der Waals surface area (Å²) in [7, 11) is 0. The second-order valence-corrected chi connectivity index (χ2v) is 22.8. The number of nitrogens with one attached hydrogen (secondary N) is 5. The fourth-order valence-electron chi connectivity index (χ4n) is 9.72. The van der Waals surface area contributed by atoms with E-state index in [1.54, 1.807) is 44.2 Å². The minimum absolute atomic E-state index is 0.0106. The molecule has 0 aliphatic rings. The summed E-state index contributed by atoms with van der Waals surface area (Å²) < 4.78 is 0. The number of unbranched alkanes of at least 4 members (excludes halogenated alkanes) is 12. The minimum Gasteiger partial charge on any atom is -0.481 e. The summed E-state index contributed by atoms with van der Waals surface area (Å²) in [6.07, 6.45) is 12.1. The van der Waals surface area contributed by atoms with Crippen LogP contribution in [0.15, 0.2) is 40.3 Å². The average molecular weight is 1200 g/mol. The molecule has 24 nitrogen and oxygen atoms in total. The zero-order chi connectivity index (χ0) is 63.9. The maximum atomic E-state index is 14.5. The molecule has 1 aromatic carbocycles. The predicted octanol–water partition coefficient (Wildman–Crippen LogP) is 3.47. The number of hydrogen-bond donors (Lipinski definition) is 12. The van der Waals surface area contributed by atoms with Crippen LogP contribution in [0.3, 0.4) is 0 Å². The molecule has 0 fully saturated rings. The van der Waals surface area contributed by atoms with E-state index in [9.17, 15) is 58.2 Å². The molecule has 24 heteroatoms. The van der Waals surface area contributed by atoms with Gasteiger partial charge in [0.2, 0.25) is 29.5 Å². The van der Waals surface area contributed by atoms with E-state index < -0.39 is 151 Å². The number of nitrogens with two attached hydrogens (primary N) is 4. The number of benzene rings is 1. The standard InChI is InChI=1S/C61H103N11O13/c1-7-8-9-10-11-12-13-14-15-16-17-18-22-29-52(79)71-55(42(6)75)59(85)72-54(39(2)3)51(78)37-45(35-43-25-20-19-21-26-43)58(84)69-47(28-24-33-67-61(64)65)49(76)34-40(4)56(82)70-48(38-73)50(77)36-44(27-23-32-66-60(62)63)57(83)68-46(41(5)74)30-31-53(80)81/h19-21,25-26,39-40,42,44-48,54-55,73,75H,7-18,22-24,27-38H2,1-6H3,(H,68,83)(H,69,84)(H,70,82)(H,71,79)(H,72,85)(H,80,81)(H4,62,63,66)(H4,64,65,67)/t40-,42-,44-,45-,46+,47+,48+,54+,55+/m1/s1. The second-order valence-electron chi connectivity index (χ2n) is 22.8. The van der Waals surface area contributed by atoms with E-state index in [0.717, 1.165) is 25.7 Å². The summed E-state index contributed by atoms with van der Waals surface area (Å²) in [5, 5.41) is 43.3. The third-order valence-electron chi connectivity index (χ3n) is 14.8. The number of aliphatic hydroxyl groups is 2. The Kier molecular flexibility index (Phi) is 39.2. The van der Waals surface area contributed by atoms with Crippen LogP contribution in [0.25, 0.3) is 0 Å². The predicted molar refractivity (Wildman–Crippen MR) is 326 cm³/mol. The number of aliphatic carboxylic acids is 1. The number of ketones is 4. The number of guanidine groups is 2. The Morgan fingerprint density at radius 2 is 1.01 bits per heavy atom. The molecule has 0 spiro atoms. The van der Waals surface area contributed by atoms with Crippen LogP contribution >= 0.6 is 0 Å². The quantitative estimate of drug-likeness (QED) is 0.0252. The Morgan fingerprint density at radius 1 is 0.518 bits per heavy atom. The van der Waals surface area contributed by atoms with Crippen LogP contribution in [0.2, 0.25) is 0 Å². The number of hydrogen-bond acceptors (Lipinski definition) is 14.